The third-order valence-corrected chi connectivity index (χ3v) is 3.71. The molecule has 0 atom stereocenters. The zero-order valence-electron chi connectivity index (χ0n) is 11.7. The van der Waals surface area contributed by atoms with Crippen LogP contribution in [0.1, 0.15) is 47.5 Å². The van der Waals surface area contributed by atoms with E-state index in [1.165, 1.54) is 0 Å². The van der Waals surface area contributed by atoms with Crippen molar-refractivity contribution in [2.45, 2.75) is 39.5 Å². The summed E-state index contributed by atoms with van der Waals surface area (Å²) in [5, 5.41) is 2.91. The van der Waals surface area contributed by atoms with Crippen molar-refractivity contribution in [3.8, 4) is 0 Å². The zero-order valence-corrected chi connectivity index (χ0v) is 12.5. The lowest BCUT2D eigenvalue weighted by molar-refractivity contribution is 0.0992. The molecule has 4 heteroatoms. The molecule has 0 spiro atoms. The van der Waals surface area contributed by atoms with Gasteiger partial charge in [0.25, 0.3) is 0 Å². The van der Waals surface area contributed by atoms with E-state index in [2.05, 4.69) is 30.7 Å². The molecule has 0 bridgehead atoms. The molecule has 2 rings (SSSR count). The number of nitrogens with zero attached hydrogens (tertiary/aromatic N) is 2. The summed E-state index contributed by atoms with van der Waals surface area (Å²) < 4.78 is 0. The third-order valence-electron chi connectivity index (χ3n) is 2.87. The van der Waals surface area contributed by atoms with Crippen LogP contribution in [0, 0.1) is 6.92 Å². The van der Waals surface area contributed by atoms with E-state index in [4.69, 9.17) is 0 Å². The van der Waals surface area contributed by atoms with Gasteiger partial charge in [-0.3, -0.25) is 9.78 Å². The molecule has 2 heterocycles. The van der Waals surface area contributed by atoms with Crippen LogP contribution in [0.2, 0.25) is 0 Å². The van der Waals surface area contributed by atoms with E-state index in [0.717, 1.165) is 16.4 Å². The molecule has 0 fully saturated rings. The lowest BCUT2D eigenvalue weighted by atomic mass is 9.93. The van der Waals surface area contributed by atoms with Crippen LogP contribution in [-0.4, -0.2) is 15.8 Å². The molecule has 100 valence electrons. The first-order valence-corrected chi connectivity index (χ1v) is 7.15. The van der Waals surface area contributed by atoms with E-state index < -0.39 is 0 Å². The van der Waals surface area contributed by atoms with E-state index in [1.54, 1.807) is 17.5 Å². The number of carbonyl (C=O) groups is 1. The van der Waals surface area contributed by atoms with Gasteiger partial charge in [0.2, 0.25) is 0 Å². The van der Waals surface area contributed by atoms with E-state index in [-0.39, 0.29) is 11.2 Å². The van der Waals surface area contributed by atoms with Gasteiger partial charge in [-0.15, -0.1) is 11.3 Å². The maximum atomic E-state index is 12.1. The average molecular weight is 274 g/mol. The minimum absolute atomic E-state index is 0.0310. The molecular formula is C15H18N2OS. The summed E-state index contributed by atoms with van der Waals surface area (Å²) in [6.45, 7) is 8.28. The number of ketones is 1. The van der Waals surface area contributed by atoms with Crippen LogP contribution in [0.4, 0.5) is 0 Å². The Bertz CT molecular complexity index is 579. The third kappa shape index (κ3) is 3.47. The number of pyridine rings is 1. The van der Waals surface area contributed by atoms with Crippen LogP contribution in [0.15, 0.2) is 23.7 Å². The minimum Gasteiger partial charge on any atom is -0.294 e. The van der Waals surface area contributed by atoms with Crippen molar-refractivity contribution in [2.75, 3.05) is 0 Å². The van der Waals surface area contributed by atoms with Gasteiger partial charge < -0.3 is 0 Å². The second kappa shape index (κ2) is 5.21. The molecule has 0 aliphatic rings. The van der Waals surface area contributed by atoms with Crippen LogP contribution in [0.3, 0.4) is 0 Å². The largest absolute Gasteiger partial charge is 0.294 e. The number of thiazole rings is 1. The standard InChI is InChI=1S/C15H18N2OS/c1-10-5-6-11(8-16-10)12(18)7-14-17-13(9-19-14)15(2,3)4/h5-6,8-9H,7H2,1-4H3. The van der Waals surface area contributed by atoms with Crippen molar-refractivity contribution in [1.29, 1.82) is 0 Å². The predicted octanol–water partition coefficient (Wildman–Crippen LogP) is 3.57. The Hall–Kier alpha value is -1.55. The van der Waals surface area contributed by atoms with Crippen LogP contribution < -0.4 is 0 Å². The summed E-state index contributed by atoms with van der Waals surface area (Å²) in [7, 11) is 0. The normalized spacial score (nSPS) is 11.6. The molecule has 2 aromatic rings. The van der Waals surface area contributed by atoms with Crippen molar-refractivity contribution in [1.82, 2.24) is 9.97 Å². The quantitative estimate of drug-likeness (QED) is 0.804. The number of carbonyl (C=O) groups excluding carboxylic acids is 1. The maximum Gasteiger partial charge on any atom is 0.171 e. The molecule has 0 N–H and O–H groups in total. The Morgan fingerprint density at radius 1 is 1.32 bits per heavy atom. The highest BCUT2D eigenvalue weighted by molar-refractivity contribution is 7.09. The highest BCUT2D eigenvalue weighted by Crippen LogP contribution is 2.24. The topological polar surface area (TPSA) is 42.9 Å². The highest BCUT2D eigenvalue weighted by Gasteiger charge is 2.18. The van der Waals surface area contributed by atoms with Crippen LogP contribution in [-0.2, 0) is 11.8 Å². The van der Waals surface area contributed by atoms with Gasteiger partial charge in [0.1, 0.15) is 5.01 Å². The highest BCUT2D eigenvalue weighted by atomic mass is 32.1. The predicted molar refractivity (Wildman–Crippen MR) is 77.8 cm³/mol. The summed E-state index contributed by atoms with van der Waals surface area (Å²) >= 11 is 1.55. The fraction of sp³-hybridized carbons (Fsp3) is 0.400. The molecule has 0 unspecified atom stereocenters. The number of hydrogen-bond donors (Lipinski definition) is 0. The molecule has 0 aromatic carbocycles. The first kappa shape index (κ1) is 13.9. The molecule has 0 aliphatic carbocycles. The molecule has 2 aromatic heterocycles. The van der Waals surface area contributed by atoms with Gasteiger partial charge in [-0.2, -0.15) is 0 Å². The van der Waals surface area contributed by atoms with E-state index in [0.29, 0.717) is 12.0 Å². The van der Waals surface area contributed by atoms with Crippen molar-refractivity contribution < 1.29 is 4.79 Å². The molecule has 0 saturated carbocycles. The summed E-state index contributed by atoms with van der Waals surface area (Å²) in [4.78, 5) is 20.8. The fourth-order valence-corrected chi connectivity index (χ4v) is 2.63. The molecule has 0 aliphatic heterocycles. The number of Topliss-reactive ketones (excluding diaryl/α,β-unsaturated/α-hetero) is 1. The Labute approximate surface area is 117 Å². The molecule has 0 radical (unpaired) electrons. The van der Waals surface area contributed by atoms with Gasteiger partial charge in [-0.05, 0) is 19.1 Å². The van der Waals surface area contributed by atoms with Crippen LogP contribution >= 0.6 is 11.3 Å². The Morgan fingerprint density at radius 3 is 2.58 bits per heavy atom. The molecular weight excluding hydrogens is 256 g/mol. The summed E-state index contributed by atoms with van der Waals surface area (Å²) in [5.74, 6) is 0.0716. The summed E-state index contributed by atoms with van der Waals surface area (Å²) in [5.41, 5.74) is 2.64. The molecule has 0 amide bonds. The Morgan fingerprint density at radius 2 is 2.05 bits per heavy atom. The Balaban J connectivity index is 2.11. The monoisotopic (exact) mass is 274 g/mol. The smallest absolute Gasteiger partial charge is 0.171 e. The van der Waals surface area contributed by atoms with Gasteiger partial charge >= 0.3 is 0 Å². The Kier molecular flexibility index (Phi) is 3.80. The van der Waals surface area contributed by atoms with Crippen molar-refractivity contribution in [3.05, 3.63) is 45.7 Å². The molecule has 3 nitrogen and oxygen atoms in total. The maximum absolute atomic E-state index is 12.1. The summed E-state index contributed by atoms with van der Waals surface area (Å²) in [6, 6.07) is 3.68. The van der Waals surface area contributed by atoms with Crippen molar-refractivity contribution in [3.63, 3.8) is 0 Å². The average Bonchev–Trinajstić information content (AvgIpc) is 2.78. The molecule has 0 saturated heterocycles. The zero-order chi connectivity index (χ0) is 14.0. The van der Waals surface area contributed by atoms with E-state index >= 15 is 0 Å². The second-order valence-electron chi connectivity index (χ2n) is 5.66. The molecule has 19 heavy (non-hydrogen) atoms. The van der Waals surface area contributed by atoms with E-state index in [1.807, 2.05) is 24.4 Å². The van der Waals surface area contributed by atoms with Crippen molar-refractivity contribution >= 4 is 17.1 Å². The fourth-order valence-electron chi connectivity index (χ4n) is 1.61. The summed E-state index contributed by atoms with van der Waals surface area (Å²) in [6.07, 6.45) is 1.99. The number of aromatic nitrogens is 2. The van der Waals surface area contributed by atoms with Gasteiger partial charge in [0.05, 0.1) is 12.1 Å². The van der Waals surface area contributed by atoms with E-state index in [9.17, 15) is 4.79 Å². The number of aryl methyl sites for hydroxylation is 1. The van der Waals surface area contributed by atoms with Gasteiger partial charge in [0, 0.05) is 28.2 Å². The number of rotatable bonds is 3. The van der Waals surface area contributed by atoms with Crippen LogP contribution in [0.5, 0.6) is 0 Å². The first-order chi connectivity index (χ1) is 8.86. The minimum atomic E-state index is 0.0310. The van der Waals surface area contributed by atoms with Gasteiger partial charge in [0.15, 0.2) is 5.78 Å². The number of hydrogen-bond acceptors (Lipinski definition) is 4. The van der Waals surface area contributed by atoms with Gasteiger partial charge in [-0.1, -0.05) is 20.8 Å². The van der Waals surface area contributed by atoms with Gasteiger partial charge in [-0.25, -0.2) is 4.98 Å². The second-order valence-corrected chi connectivity index (χ2v) is 6.61. The lowest BCUT2D eigenvalue weighted by Crippen LogP contribution is -2.12. The van der Waals surface area contributed by atoms with Crippen LogP contribution in [0.25, 0.3) is 0 Å². The SMILES string of the molecule is Cc1ccc(C(=O)Cc2nc(C(C)(C)C)cs2)cn1. The lowest BCUT2D eigenvalue weighted by Gasteiger charge is -2.14. The first-order valence-electron chi connectivity index (χ1n) is 6.27. The van der Waals surface area contributed by atoms with Crippen molar-refractivity contribution in [2.24, 2.45) is 0 Å².